The zero-order valence-electron chi connectivity index (χ0n) is 21.3. The quantitative estimate of drug-likeness (QED) is 0.172. The molecule has 0 amide bonds. The molecule has 10 heteroatoms. The summed E-state index contributed by atoms with van der Waals surface area (Å²) in [5.41, 5.74) is 0.846. The molecule has 204 valence electrons. The average molecular weight is 551 g/mol. The Morgan fingerprint density at radius 3 is 2.50 bits per heavy atom. The molecule has 0 radical (unpaired) electrons. The van der Waals surface area contributed by atoms with Gasteiger partial charge >= 0.3 is 5.97 Å². The summed E-state index contributed by atoms with van der Waals surface area (Å²) >= 11 is 1.21. The highest BCUT2D eigenvalue weighted by atomic mass is 32.2. The number of likely N-dealkylation sites (tertiary alicyclic amines) is 1. The first kappa shape index (κ1) is 28.2. The van der Waals surface area contributed by atoms with Crippen molar-refractivity contribution in [2.75, 3.05) is 32.5 Å². The van der Waals surface area contributed by atoms with Crippen LogP contribution in [0, 0.1) is 29.8 Å². The lowest BCUT2D eigenvalue weighted by Crippen LogP contribution is -2.45. The molecule has 1 aliphatic rings. The van der Waals surface area contributed by atoms with E-state index in [0.29, 0.717) is 70.9 Å². The summed E-state index contributed by atoms with van der Waals surface area (Å²) in [4.78, 5) is 19.1. The van der Waals surface area contributed by atoms with Crippen molar-refractivity contribution >= 4 is 28.6 Å². The van der Waals surface area contributed by atoms with E-state index in [0.717, 1.165) is 12.1 Å². The maximum absolute atomic E-state index is 15.7. The highest BCUT2D eigenvalue weighted by Gasteiger charge is 2.41. The molecule has 1 fully saturated rings. The number of alkyl halides is 1. The SMILES string of the molecule is COc1ccc2ncc(C)c([C@@H](F)CCC3(C(=O)O)CCN(CCSc4cc(F)c(F)c(F)c4)CC3)c2c1. The molecule has 0 saturated carbocycles. The molecule has 0 bridgehead atoms. The van der Waals surface area contributed by atoms with Crippen LogP contribution in [0.1, 0.15) is 43.0 Å². The fraction of sp³-hybridized carbons (Fsp3) is 0.429. The number of carboxylic acids is 1. The Morgan fingerprint density at radius 1 is 1.18 bits per heavy atom. The van der Waals surface area contributed by atoms with Crippen molar-refractivity contribution in [3.63, 3.8) is 0 Å². The van der Waals surface area contributed by atoms with E-state index in [1.165, 1.54) is 11.8 Å². The minimum Gasteiger partial charge on any atom is -0.497 e. The average Bonchev–Trinajstić information content (AvgIpc) is 2.90. The Morgan fingerprint density at radius 2 is 1.87 bits per heavy atom. The second-order valence-electron chi connectivity index (χ2n) is 9.72. The van der Waals surface area contributed by atoms with Crippen LogP contribution in [0.15, 0.2) is 41.4 Å². The summed E-state index contributed by atoms with van der Waals surface area (Å²) in [6.07, 6.45) is 1.31. The van der Waals surface area contributed by atoms with Gasteiger partial charge in [-0.2, -0.15) is 0 Å². The summed E-state index contributed by atoms with van der Waals surface area (Å²) in [6, 6.07) is 7.23. The van der Waals surface area contributed by atoms with E-state index < -0.39 is 35.0 Å². The predicted octanol–water partition coefficient (Wildman–Crippen LogP) is 6.72. The van der Waals surface area contributed by atoms with Crippen molar-refractivity contribution in [3.8, 4) is 5.75 Å². The molecule has 0 aliphatic carbocycles. The molecule has 2 aromatic carbocycles. The number of halogens is 4. The van der Waals surface area contributed by atoms with Crippen LogP contribution in [0.25, 0.3) is 10.9 Å². The first-order valence-corrected chi connectivity index (χ1v) is 13.4. The van der Waals surface area contributed by atoms with Crippen LogP contribution in [0.2, 0.25) is 0 Å². The van der Waals surface area contributed by atoms with Crippen molar-refractivity contribution in [1.82, 2.24) is 9.88 Å². The van der Waals surface area contributed by atoms with Crippen LogP contribution >= 0.6 is 11.8 Å². The maximum atomic E-state index is 15.7. The smallest absolute Gasteiger partial charge is 0.309 e. The normalized spacial score (nSPS) is 16.5. The van der Waals surface area contributed by atoms with E-state index in [1.54, 1.807) is 38.4 Å². The second-order valence-corrected chi connectivity index (χ2v) is 10.9. The lowest BCUT2D eigenvalue weighted by Gasteiger charge is -2.39. The van der Waals surface area contributed by atoms with Crippen LogP contribution in [-0.2, 0) is 4.79 Å². The largest absolute Gasteiger partial charge is 0.497 e. The third-order valence-electron chi connectivity index (χ3n) is 7.41. The second kappa shape index (κ2) is 11.9. The minimum absolute atomic E-state index is 0.0704. The number of hydrogen-bond donors (Lipinski definition) is 1. The number of carboxylic acid groups (broad SMARTS) is 1. The molecule has 2 heterocycles. The first-order chi connectivity index (χ1) is 18.1. The van der Waals surface area contributed by atoms with Gasteiger partial charge in [-0.05, 0) is 87.2 Å². The van der Waals surface area contributed by atoms with E-state index in [-0.39, 0.29) is 12.8 Å². The van der Waals surface area contributed by atoms with Gasteiger partial charge in [0.05, 0.1) is 18.0 Å². The number of fused-ring (bicyclic) bond motifs is 1. The summed E-state index contributed by atoms with van der Waals surface area (Å²) in [7, 11) is 1.54. The summed E-state index contributed by atoms with van der Waals surface area (Å²) in [6.45, 7) is 3.41. The summed E-state index contributed by atoms with van der Waals surface area (Å²) in [5, 5.41) is 10.7. The molecule has 0 spiro atoms. The van der Waals surface area contributed by atoms with Crippen LogP contribution in [0.3, 0.4) is 0 Å². The molecule has 4 rings (SSSR count). The van der Waals surface area contributed by atoms with E-state index >= 15 is 4.39 Å². The van der Waals surface area contributed by atoms with Crippen LogP contribution in [-0.4, -0.2) is 53.5 Å². The topological polar surface area (TPSA) is 62.7 Å². The number of hydrogen-bond acceptors (Lipinski definition) is 5. The van der Waals surface area contributed by atoms with Gasteiger partial charge in [0, 0.05) is 28.8 Å². The number of piperidine rings is 1. The molecule has 1 saturated heterocycles. The summed E-state index contributed by atoms with van der Waals surface area (Å²) < 4.78 is 61.0. The van der Waals surface area contributed by atoms with Gasteiger partial charge in [0.2, 0.25) is 0 Å². The Bertz CT molecular complexity index is 1290. The number of methoxy groups -OCH3 is 1. The Labute approximate surface area is 223 Å². The van der Waals surface area contributed by atoms with Gasteiger partial charge in [-0.3, -0.25) is 9.78 Å². The number of thioether (sulfide) groups is 1. The number of rotatable bonds is 10. The molecule has 38 heavy (non-hydrogen) atoms. The molecule has 1 atom stereocenters. The minimum atomic E-state index is -1.49. The number of aliphatic carboxylic acids is 1. The van der Waals surface area contributed by atoms with Gasteiger partial charge in [0.15, 0.2) is 17.5 Å². The highest BCUT2D eigenvalue weighted by Crippen LogP contribution is 2.41. The maximum Gasteiger partial charge on any atom is 0.309 e. The van der Waals surface area contributed by atoms with Crippen molar-refractivity contribution in [3.05, 3.63) is 65.1 Å². The Hall–Kier alpha value is -2.85. The summed E-state index contributed by atoms with van der Waals surface area (Å²) in [5.74, 6) is -3.75. The van der Waals surface area contributed by atoms with Crippen molar-refractivity contribution in [2.24, 2.45) is 5.41 Å². The van der Waals surface area contributed by atoms with Gasteiger partial charge < -0.3 is 14.7 Å². The molecule has 1 aromatic heterocycles. The van der Waals surface area contributed by atoms with E-state index in [2.05, 4.69) is 9.88 Å². The molecular weight excluding hydrogens is 520 g/mol. The number of benzene rings is 2. The standard InChI is InChI=1S/C28H30F4N2O3S/c1-17-16-33-24-4-3-18(37-2)13-20(24)25(17)21(29)5-6-28(27(35)36)7-9-34(10-8-28)11-12-38-19-14-22(30)26(32)23(31)15-19/h3-4,13-16,21H,5-12H2,1-2H3,(H,35,36)/t21-/m0/s1. The molecule has 1 N–H and O–H groups in total. The lowest BCUT2D eigenvalue weighted by atomic mass is 9.74. The van der Waals surface area contributed by atoms with Crippen LogP contribution in [0.5, 0.6) is 5.75 Å². The monoisotopic (exact) mass is 550 g/mol. The zero-order chi connectivity index (χ0) is 27.4. The molecule has 1 aliphatic heterocycles. The number of nitrogens with zero attached hydrogens (tertiary/aromatic N) is 2. The first-order valence-electron chi connectivity index (χ1n) is 12.4. The number of carbonyl (C=O) groups is 1. The lowest BCUT2D eigenvalue weighted by molar-refractivity contribution is -0.153. The molecular formula is C28H30F4N2O3S. The molecule has 3 aromatic rings. The van der Waals surface area contributed by atoms with E-state index in [4.69, 9.17) is 4.74 Å². The van der Waals surface area contributed by atoms with Crippen molar-refractivity contribution < 1.29 is 32.2 Å². The molecule has 5 nitrogen and oxygen atoms in total. The zero-order valence-corrected chi connectivity index (χ0v) is 22.1. The third-order valence-corrected chi connectivity index (χ3v) is 8.36. The Kier molecular flexibility index (Phi) is 8.82. The van der Waals surface area contributed by atoms with Gasteiger partial charge in [-0.25, -0.2) is 17.6 Å². The van der Waals surface area contributed by atoms with Gasteiger partial charge in [-0.15, -0.1) is 11.8 Å². The number of pyridine rings is 1. The van der Waals surface area contributed by atoms with Gasteiger partial charge in [0.1, 0.15) is 11.9 Å². The predicted molar refractivity (Wildman–Crippen MR) is 139 cm³/mol. The van der Waals surface area contributed by atoms with Crippen molar-refractivity contribution in [1.29, 1.82) is 0 Å². The number of aromatic nitrogens is 1. The van der Waals surface area contributed by atoms with E-state index in [1.807, 2.05) is 0 Å². The highest BCUT2D eigenvalue weighted by molar-refractivity contribution is 7.99. The van der Waals surface area contributed by atoms with E-state index in [9.17, 15) is 23.1 Å². The van der Waals surface area contributed by atoms with Gasteiger partial charge in [-0.1, -0.05) is 0 Å². The molecule has 0 unspecified atom stereocenters. The van der Waals surface area contributed by atoms with Crippen molar-refractivity contribution in [2.45, 2.75) is 43.7 Å². The third kappa shape index (κ3) is 6.07. The van der Waals surface area contributed by atoms with Crippen LogP contribution in [0.4, 0.5) is 17.6 Å². The fourth-order valence-electron chi connectivity index (χ4n) is 5.07. The number of ether oxygens (including phenoxy) is 1. The fourth-order valence-corrected chi connectivity index (χ4v) is 6.02. The van der Waals surface area contributed by atoms with Crippen LogP contribution < -0.4 is 4.74 Å². The Balaban J connectivity index is 1.36. The van der Waals surface area contributed by atoms with Gasteiger partial charge in [0.25, 0.3) is 0 Å². The number of aryl methyl sites for hydroxylation is 1.